The smallest absolute Gasteiger partial charge is 0.313 e. The fourth-order valence-electron chi connectivity index (χ4n) is 6.80. The van der Waals surface area contributed by atoms with Crippen molar-refractivity contribution >= 4 is 28.8 Å². The highest BCUT2D eigenvalue weighted by atomic mass is 16.6. The van der Waals surface area contributed by atoms with Gasteiger partial charge in [0.05, 0.1) is 30.2 Å². The first-order chi connectivity index (χ1) is 20.0. The molecule has 5 heterocycles. The number of aliphatic hydroxyl groups is 1. The number of likely N-dealkylation sites (tertiary alicyclic amines) is 1. The maximum Gasteiger partial charge on any atom is 0.313 e. The Balaban J connectivity index is 1.31. The Hall–Kier alpha value is -4.35. The van der Waals surface area contributed by atoms with Crippen molar-refractivity contribution in [3.63, 3.8) is 0 Å². The maximum absolute atomic E-state index is 14.5. The number of aliphatic hydroxyl groups excluding tert-OH is 1. The van der Waals surface area contributed by atoms with Crippen molar-refractivity contribution in [2.75, 3.05) is 19.8 Å². The van der Waals surface area contributed by atoms with E-state index in [4.69, 9.17) is 9.47 Å². The number of carbonyl (C=O) groups excluding carboxylic acids is 3. The lowest BCUT2D eigenvalue weighted by molar-refractivity contribution is -0.155. The van der Waals surface area contributed by atoms with Crippen LogP contribution >= 0.6 is 0 Å². The summed E-state index contributed by atoms with van der Waals surface area (Å²) in [6.45, 7) is 0.0583. The first-order valence-electron chi connectivity index (χ1n) is 13.7. The van der Waals surface area contributed by atoms with E-state index in [0.717, 1.165) is 11.1 Å². The van der Waals surface area contributed by atoms with Gasteiger partial charge in [-0.1, -0.05) is 65.9 Å². The fraction of sp³-hybridized carbons (Fsp3) is 0.367. The number of para-hydroxylation sites is 1. The molecule has 4 aliphatic rings. The van der Waals surface area contributed by atoms with Gasteiger partial charge in [0.2, 0.25) is 5.91 Å². The van der Waals surface area contributed by atoms with Gasteiger partial charge in [-0.05, 0) is 30.2 Å². The van der Waals surface area contributed by atoms with Crippen LogP contribution in [0.25, 0.3) is 11.0 Å². The predicted molar refractivity (Wildman–Crippen MR) is 145 cm³/mol. The van der Waals surface area contributed by atoms with Gasteiger partial charge >= 0.3 is 5.97 Å². The highest BCUT2D eigenvalue weighted by Gasteiger charge is 2.72. The Labute approximate surface area is 235 Å². The first-order valence-corrected chi connectivity index (χ1v) is 13.7. The van der Waals surface area contributed by atoms with Crippen LogP contribution in [0, 0.1) is 11.8 Å². The van der Waals surface area contributed by atoms with Gasteiger partial charge in [-0.2, -0.15) is 0 Å². The van der Waals surface area contributed by atoms with Gasteiger partial charge < -0.3 is 24.4 Å². The van der Waals surface area contributed by atoms with E-state index in [0.29, 0.717) is 11.9 Å². The van der Waals surface area contributed by atoms with Crippen LogP contribution in [0.4, 0.5) is 0 Å². The quantitative estimate of drug-likeness (QED) is 0.354. The molecule has 3 aromatic rings. The molecule has 2 amide bonds. The Morgan fingerprint density at radius 3 is 2.66 bits per heavy atom. The van der Waals surface area contributed by atoms with Crippen LogP contribution in [0.15, 0.2) is 78.9 Å². The third-order valence-electron chi connectivity index (χ3n) is 8.58. The van der Waals surface area contributed by atoms with E-state index >= 15 is 0 Å². The summed E-state index contributed by atoms with van der Waals surface area (Å²) in [5.41, 5.74) is 0.967. The Morgan fingerprint density at radius 2 is 1.83 bits per heavy atom. The number of benzene rings is 2. The minimum Gasteiger partial charge on any atom is -0.461 e. The van der Waals surface area contributed by atoms with Crippen LogP contribution in [0.5, 0.6) is 0 Å². The number of hydrogen-bond acceptors (Lipinski definition) is 8. The minimum absolute atomic E-state index is 0.0952. The lowest BCUT2D eigenvalue weighted by Crippen LogP contribution is -2.58. The number of amides is 2. The van der Waals surface area contributed by atoms with Gasteiger partial charge in [-0.3, -0.25) is 14.4 Å². The molecule has 6 atom stereocenters. The Bertz CT molecular complexity index is 1570. The zero-order valence-electron chi connectivity index (χ0n) is 22.2. The van der Waals surface area contributed by atoms with Crippen LogP contribution in [-0.4, -0.2) is 91.2 Å². The van der Waals surface area contributed by atoms with Crippen LogP contribution in [0.2, 0.25) is 0 Å². The van der Waals surface area contributed by atoms with E-state index in [1.54, 1.807) is 27.8 Å². The number of nitrogens with zero attached hydrogens (tertiary/aromatic N) is 5. The van der Waals surface area contributed by atoms with Crippen molar-refractivity contribution in [2.45, 2.75) is 36.9 Å². The van der Waals surface area contributed by atoms with Crippen LogP contribution in [-0.2, 0) is 36.9 Å². The molecule has 210 valence electrons. The third-order valence-corrected chi connectivity index (χ3v) is 8.58. The second-order valence-corrected chi connectivity index (χ2v) is 10.9. The van der Waals surface area contributed by atoms with Gasteiger partial charge in [0.25, 0.3) is 5.91 Å². The number of carbonyl (C=O) groups is 3. The maximum atomic E-state index is 14.5. The minimum atomic E-state index is -1.41. The van der Waals surface area contributed by atoms with Crippen LogP contribution in [0.3, 0.4) is 0 Å². The summed E-state index contributed by atoms with van der Waals surface area (Å²) in [4.78, 5) is 45.1. The number of fused-ring (bicyclic) bond motifs is 3. The molecular weight excluding hydrogens is 526 g/mol. The molecule has 0 aliphatic carbocycles. The van der Waals surface area contributed by atoms with Gasteiger partial charge in [0.15, 0.2) is 0 Å². The van der Waals surface area contributed by atoms with E-state index in [1.165, 1.54) is 4.90 Å². The molecule has 0 saturated carbocycles. The largest absolute Gasteiger partial charge is 0.461 e. The van der Waals surface area contributed by atoms with Crippen molar-refractivity contribution < 1.29 is 29.0 Å². The highest BCUT2D eigenvalue weighted by molar-refractivity contribution is 5.99. The zero-order chi connectivity index (χ0) is 28.1. The van der Waals surface area contributed by atoms with Gasteiger partial charge in [-0.15, -0.1) is 5.10 Å². The Morgan fingerprint density at radius 1 is 1.02 bits per heavy atom. The van der Waals surface area contributed by atoms with E-state index in [9.17, 15) is 19.5 Å². The van der Waals surface area contributed by atoms with Gasteiger partial charge in [0, 0.05) is 6.54 Å². The fourth-order valence-corrected chi connectivity index (χ4v) is 6.80. The third kappa shape index (κ3) is 3.98. The summed E-state index contributed by atoms with van der Waals surface area (Å²) < 4.78 is 13.6. The molecule has 0 radical (unpaired) electrons. The molecule has 1 aromatic heterocycles. The molecule has 4 aliphatic heterocycles. The molecule has 2 fully saturated rings. The van der Waals surface area contributed by atoms with E-state index in [2.05, 4.69) is 10.3 Å². The molecule has 2 aromatic carbocycles. The van der Waals surface area contributed by atoms with Crippen LogP contribution < -0.4 is 0 Å². The second-order valence-electron chi connectivity index (χ2n) is 10.9. The standard InChI is InChI=1S/C30H29N5O6/c36-17-20(16-19-8-2-1-3-9-19)35-26-28(38)33(18-34-22-11-5-4-10-21(22)31-32-34)14-7-13-30(26)25(27(35)37)24-23(41-30)12-6-15-40-29(24)39/h1-13,20,23-26,36H,14-18H2/t20-,23+,24-,25+,26?,30+/m1/s1. The second kappa shape index (κ2) is 9.93. The van der Waals surface area contributed by atoms with Crippen molar-refractivity contribution in [2.24, 2.45) is 11.8 Å². The molecule has 1 unspecified atom stereocenters. The summed E-state index contributed by atoms with van der Waals surface area (Å²) >= 11 is 0. The molecule has 1 N–H and O–H groups in total. The average Bonchev–Trinajstić information content (AvgIpc) is 3.54. The lowest BCUT2D eigenvalue weighted by atomic mass is 9.78. The lowest BCUT2D eigenvalue weighted by Gasteiger charge is -2.38. The summed E-state index contributed by atoms with van der Waals surface area (Å²) in [6, 6.07) is 15.1. The summed E-state index contributed by atoms with van der Waals surface area (Å²) in [5, 5.41) is 19.1. The molecule has 7 rings (SSSR count). The number of ether oxygens (including phenoxy) is 2. The number of cyclic esters (lactones) is 1. The monoisotopic (exact) mass is 555 g/mol. The number of aromatic nitrogens is 3. The molecule has 11 nitrogen and oxygen atoms in total. The summed E-state index contributed by atoms with van der Waals surface area (Å²) in [5.74, 6) is -3.19. The molecule has 41 heavy (non-hydrogen) atoms. The molecular formula is C30H29N5O6. The summed E-state index contributed by atoms with van der Waals surface area (Å²) in [6.07, 6.45) is 6.64. The Kier molecular flexibility index (Phi) is 6.20. The number of esters is 1. The normalized spacial score (nSPS) is 29.6. The highest BCUT2D eigenvalue weighted by Crippen LogP contribution is 2.54. The van der Waals surface area contributed by atoms with E-state index in [1.807, 2.05) is 60.7 Å². The van der Waals surface area contributed by atoms with Crippen molar-refractivity contribution in [1.29, 1.82) is 0 Å². The first kappa shape index (κ1) is 25.6. The van der Waals surface area contributed by atoms with Crippen molar-refractivity contribution in [3.8, 4) is 0 Å². The predicted octanol–water partition coefficient (Wildman–Crippen LogP) is 1.08. The van der Waals surface area contributed by atoms with E-state index in [-0.39, 0.29) is 32.3 Å². The zero-order valence-corrected chi connectivity index (χ0v) is 22.2. The number of hydrogen-bond donors (Lipinski definition) is 1. The molecule has 1 spiro atoms. The van der Waals surface area contributed by atoms with Crippen molar-refractivity contribution in [1.82, 2.24) is 24.8 Å². The van der Waals surface area contributed by atoms with Gasteiger partial charge in [-0.25, -0.2) is 4.68 Å². The van der Waals surface area contributed by atoms with Gasteiger partial charge in [0.1, 0.15) is 36.4 Å². The van der Waals surface area contributed by atoms with Crippen LogP contribution in [0.1, 0.15) is 5.56 Å². The number of rotatable bonds is 6. The van der Waals surface area contributed by atoms with Crippen molar-refractivity contribution in [3.05, 3.63) is 84.5 Å². The van der Waals surface area contributed by atoms with E-state index < -0.39 is 47.5 Å². The average molecular weight is 556 g/mol. The SMILES string of the molecule is O=C1OCC=C[C@@H]2O[C@]34C=CCN(Cn5nnc6ccccc65)C(=O)C3N([C@@H](CO)Cc3ccccc3)C(=O)[C@@H]4[C@H]12. The topological polar surface area (TPSA) is 127 Å². The molecule has 0 bridgehead atoms. The molecule has 2 saturated heterocycles. The molecule has 11 heteroatoms. The summed E-state index contributed by atoms with van der Waals surface area (Å²) in [7, 11) is 0.